The van der Waals surface area contributed by atoms with Crippen LogP contribution in [0.3, 0.4) is 0 Å². The van der Waals surface area contributed by atoms with Gasteiger partial charge in [0.05, 0.1) is 11.0 Å². The van der Waals surface area contributed by atoms with E-state index in [0.717, 1.165) is 27.9 Å². The van der Waals surface area contributed by atoms with Crippen LogP contribution in [0.25, 0.3) is 83.2 Å². The van der Waals surface area contributed by atoms with Gasteiger partial charge in [0.15, 0.2) is 17.5 Å². The number of rotatable bonds is 4. The van der Waals surface area contributed by atoms with Crippen molar-refractivity contribution in [2.45, 2.75) is 0 Å². The fourth-order valence-corrected chi connectivity index (χ4v) is 6.62. The predicted octanol–water partition coefficient (Wildman–Crippen LogP) is 10.3. The van der Waals surface area contributed by atoms with Crippen molar-refractivity contribution in [1.29, 1.82) is 0 Å². The Hall–Kier alpha value is -6.13. The summed E-state index contributed by atoms with van der Waals surface area (Å²) in [6.07, 6.45) is 0. The van der Waals surface area contributed by atoms with Crippen LogP contribution in [0.1, 0.15) is 0 Å². The Morgan fingerprint density at radius 3 is 1.47 bits per heavy atom. The smallest absolute Gasteiger partial charge is 0.164 e. The number of para-hydroxylation sites is 1. The molecule has 0 fully saturated rings. The average molecular weight is 575 g/mol. The zero-order valence-electron chi connectivity index (χ0n) is 24.3. The number of nitrogens with zero attached hydrogens (tertiary/aromatic N) is 4. The molecular weight excluding hydrogens is 548 g/mol. The molecule has 0 radical (unpaired) electrons. The van der Waals surface area contributed by atoms with Crippen molar-refractivity contribution in [3.8, 4) is 39.9 Å². The van der Waals surface area contributed by atoms with Gasteiger partial charge in [-0.3, -0.25) is 0 Å². The molecule has 0 spiro atoms. The molecule has 2 heterocycles. The van der Waals surface area contributed by atoms with Crippen molar-refractivity contribution < 1.29 is 0 Å². The fraction of sp³-hybridized carbons (Fsp3) is 0. The summed E-state index contributed by atoms with van der Waals surface area (Å²) in [7, 11) is 0. The summed E-state index contributed by atoms with van der Waals surface area (Å²) in [6.45, 7) is 0. The molecule has 0 unspecified atom stereocenters. The summed E-state index contributed by atoms with van der Waals surface area (Å²) in [4.78, 5) is 14.9. The minimum Gasteiger partial charge on any atom is -0.309 e. The normalized spacial score (nSPS) is 11.6. The molecule has 7 aromatic carbocycles. The van der Waals surface area contributed by atoms with E-state index >= 15 is 0 Å². The molecule has 45 heavy (non-hydrogen) atoms. The van der Waals surface area contributed by atoms with E-state index in [0.29, 0.717) is 17.5 Å². The highest BCUT2D eigenvalue weighted by molar-refractivity contribution is 6.32. The second kappa shape index (κ2) is 10.2. The van der Waals surface area contributed by atoms with Crippen molar-refractivity contribution in [2.24, 2.45) is 0 Å². The summed E-state index contributed by atoms with van der Waals surface area (Å²) in [5.74, 6) is 1.94. The van der Waals surface area contributed by atoms with Crippen molar-refractivity contribution in [3.05, 3.63) is 158 Å². The Labute approximate surface area is 259 Å². The maximum absolute atomic E-state index is 5.01. The lowest BCUT2D eigenvalue weighted by molar-refractivity contribution is 1.07. The minimum atomic E-state index is 0.639. The standard InChI is InChI=1S/C41H26N4/c1-3-14-27(15-4-1)39-42-40(28-16-5-2-6-17-28)44-41(43-39)29-18-13-19-30(26-29)45-36-25-12-11-24-35(36)37-33-22-9-7-20-31(33)32-21-8-10-23-34(32)38(37)45/h1-26H. The predicted molar refractivity (Wildman–Crippen MR) is 185 cm³/mol. The SMILES string of the molecule is c1ccc(-c2nc(-c3ccccc3)nc(-c3cccc(-n4c5ccccc5c5c6ccccc6c6ccccc6c54)c3)n2)cc1. The molecule has 0 saturated heterocycles. The topological polar surface area (TPSA) is 43.6 Å². The quantitative estimate of drug-likeness (QED) is 0.196. The molecule has 9 rings (SSSR count). The van der Waals surface area contributed by atoms with Gasteiger partial charge < -0.3 is 4.57 Å². The van der Waals surface area contributed by atoms with Gasteiger partial charge in [0.2, 0.25) is 0 Å². The highest BCUT2D eigenvalue weighted by atomic mass is 15.0. The Morgan fingerprint density at radius 1 is 0.356 bits per heavy atom. The van der Waals surface area contributed by atoms with Gasteiger partial charge in [0, 0.05) is 38.5 Å². The molecule has 2 aromatic heterocycles. The summed E-state index contributed by atoms with van der Waals surface area (Å²) in [5.41, 5.74) is 6.26. The van der Waals surface area contributed by atoms with E-state index in [1.807, 2.05) is 60.7 Å². The molecule has 0 aliphatic carbocycles. The van der Waals surface area contributed by atoms with E-state index in [1.165, 1.54) is 37.8 Å². The third-order valence-electron chi connectivity index (χ3n) is 8.61. The van der Waals surface area contributed by atoms with Crippen LogP contribution in [0, 0.1) is 0 Å². The van der Waals surface area contributed by atoms with Crippen molar-refractivity contribution >= 4 is 43.4 Å². The lowest BCUT2D eigenvalue weighted by Gasteiger charge is -2.13. The van der Waals surface area contributed by atoms with Crippen LogP contribution in [0.5, 0.6) is 0 Å². The molecule has 4 heteroatoms. The molecule has 0 atom stereocenters. The van der Waals surface area contributed by atoms with Crippen LogP contribution in [-0.2, 0) is 0 Å². The van der Waals surface area contributed by atoms with Gasteiger partial charge in [-0.05, 0) is 34.4 Å². The Kier molecular flexibility index (Phi) is 5.78. The van der Waals surface area contributed by atoms with Gasteiger partial charge in [0.25, 0.3) is 0 Å². The van der Waals surface area contributed by atoms with E-state index in [9.17, 15) is 0 Å². The fourth-order valence-electron chi connectivity index (χ4n) is 6.62. The van der Waals surface area contributed by atoms with E-state index in [1.54, 1.807) is 0 Å². The number of fused-ring (bicyclic) bond motifs is 8. The lowest BCUT2D eigenvalue weighted by Crippen LogP contribution is -2.01. The molecule has 210 valence electrons. The van der Waals surface area contributed by atoms with Crippen LogP contribution in [0.4, 0.5) is 0 Å². The first kappa shape index (κ1) is 25.4. The van der Waals surface area contributed by atoms with Crippen LogP contribution >= 0.6 is 0 Å². The molecular formula is C41H26N4. The zero-order chi connectivity index (χ0) is 29.7. The number of benzene rings is 7. The molecule has 4 nitrogen and oxygen atoms in total. The lowest BCUT2D eigenvalue weighted by atomic mass is 9.97. The third-order valence-corrected chi connectivity index (χ3v) is 8.61. The number of aromatic nitrogens is 4. The zero-order valence-corrected chi connectivity index (χ0v) is 24.3. The molecule has 9 aromatic rings. The van der Waals surface area contributed by atoms with E-state index in [2.05, 4.69) is 102 Å². The van der Waals surface area contributed by atoms with E-state index < -0.39 is 0 Å². The van der Waals surface area contributed by atoms with E-state index in [-0.39, 0.29) is 0 Å². The first-order chi connectivity index (χ1) is 22.3. The summed E-state index contributed by atoms with van der Waals surface area (Å²) < 4.78 is 2.40. The number of hydrogen-bond acceptors (Lipinski definition) is 3. The third kappa shape index (κ3) is 4.11. The van der Waals surface area contributed by atoms with Crippen LogP contribution in [-0.4, -0.2) is 19.5 Å². The first-order valence-electron chi connectivity index (χ1n) is 15.1. The van der Waals surface area contributed by atoms with Crippen LogP contribution in [0.15, 0.2) is 158 Å². The number of hydrogen-bond donors (Lipinski definition) is 0. The summed E-state index contributed by atoms with van der Waals surface area (Å²) in [6, 6.07) is 55.0. The van der Waals surface area contributed by atoms with Crippen molar-refractivity contribution in [3.63, 3.8) is 0 Å². The van der Waals surface area contributed by atoms with Gasteiger partial charge >= 0.3 is 0 Å². The maximum Gasteiger partial charge on any atom is 0.164 e. The first-order valence-corrected chi connectivity index (χ1v) is 15.1. The van der Waals surface area contributed by atoms with Gasteiger partial charge in [-0.2, -0.15) is 0 Å². The summed E-state index contributed by atoms with van der Waals surface area (Å²) >= 11 is 0. The Bertz CT molecular complexity index is 2470. The maximum atomic E-state index is 5.01. The average Bonchev–Trinajstić information content (AvgIpc) is 3.48. The molecule has 0 bridgehead atoms. The summed E-state index contributed by atoms with van der Waals surface area (Å²) in [5, 5.41) is 7.50. The van der Waals surface area contributed by atoms with Crippen molar-refractivity contribution in [1.82, 2.24) is 19.5 Å². The molecule has 0 saturated carbocycles. The minimum absolute atomic E-state index is 0.639. The molecule has 0 aliphatic rings. The Balaban J connectivity index is 1.33. The van der Waals surface area contributed by atoms with Crippen LogP contribution in [0.2, 0.25) is 0 Å². The van der Waals surface area contributed by atoms with Gasteiger partial charge in [-0.15, -0.1) is 0 Å². The monoisotopic (exact) mass is 574 g/mol. The largest absolute Gasteiger partial charge is 0.309 e. The molecule has 0 aliphatic heterocycles. The van der Waals surface area contributed by atoms with Gasteiger partial charge in [-0.25, -0.2) is 15.0 Å². The molecule has 0 amide bonds. The highest BCUT2D eigenvalue weighted by Gasteiger charge is 2.19. The molecule has 0 N–H and O–H groups in total. The van der Waals surface area contributed by atoms with E-state index in [4.69, 9.17) is 15.0 Å². The van der Waals surface area contributed by atoms with Gasteiger partial charge in [-0.1, -0.05) is 140 Å². The van der Waals surface area contributed by atoms with Crippen molar-refractivity contribution in [2.75, 3.05) is 0 Å². The highest BCUT2D eigenvalue weighted by Crippen LogP contribution is 2.42. The Morgan fingerprint density at radius 2 is 0.822 bits per heavy atom. The van der Waals surface area contributed by atoms with Crippen LogP contribution < -0.4 is 0 Å². The van der Waals surface area contributed by atoms with Gasteiger partial charge in [0.1, 0.15) is 0 Å². The second-order valence-corrected chi connectivity index (χ2v) is 11.3. The second-order valence-electron chi connectivity index (χ2n) is 11.3.